The van der Waals surface area contributed by atoms with Crippen LogP contribution in [0.1, 0.15) is 36.8 Å². The largest absolute Gasteiger partial charge is 0.488 e. The molecule has 10 nitrogen and oxygen atoms in total. The Balaban J connectivity index is 1.11. The van der Waals surface area contributed by atoms with E-state index >= 15 is 0 Å². The maximum atomic E-state index is 13.3. The second-order valence-electron chi connectivity index (χ2n) is 9.64. The van der Waals surface area contributed by atoms with Crippen molar-refractivity contribution in [1.82, 2.24) is 10.6 Å². The van der Waals surface area contributed by atoms with E-state index in [1.54, 1.807) is 0 Å². The van der Waals surface area contributed by atoms with Crippen molar-refractivity contribution in [3.63, 3.8) is 0 Å². The molecule has 1 heterocycles. The number of fused-ring (bicyclic) bond motifs is 1. The Kier molecular flexibility index (Phi) is 9.07. The monoisotopic (exact) mass is 568 g/mol. The fraction of sp³-hybridized carbons (Fsp3) is 0.462. The quantitative estimate of drug-likeness (QED) is 0.138. The van der Waals surface area contributed by atoms with Crippen LogP contribution in [0.2, 0.25) is 0 Å². The van der Waals surface area contributed by atoms with E-state index in [2.05, 4.69) is 16.0 Å². The van der Waals surface area contributed by atoms with Crippen molar-refractivity contribution in [2.45, 2.75) is 56.5 Å². The van der Waals surface area contributed by atoms with E-state index in [1.807, 2.05) is 0 Å². The summed E-state index contributed by atoms with van der Waals surface area (Å²) in [7, 11) is 0. The minimum atomic E-state index is -4.85. The molecule has 2 aromatic carbocycles. The Bertz CT molecular complexity index is 1250. The lowest BCUT2D eigenvalue weighted by molar-refractivity contribution is -0.388. The number of nitro groups is 1. The van der Waals surface area contributed by atoms with Gasteiger partial charge in [0.2, 0.25) is 0 Å². The predicted octanol–water partition coefficient (Wildman–Crippen LogP) is 3.73. The molecule has 1 aliphatic carbocycles. The fourth-order valence-corrected chi connectivity index (χ4v) is 4.78. The number of nitro benzene ring substituents is 1. The maximum absolute atomic E-state index is 13.3. The van der Waals surface area contributed by atoms with Crippen molar-refractivity contribution < 1.29 is 41.5 Å². The highest BCUT2D eigenvalue weighted by Crippen LogP contribution is 2.38. The third-order valence-corrected chi connectivity index (χ3v) is 6.75. The van der Waals surface area contributed by atoms with Gasteiger partial charge in [-0.1, -0.05) is 0 Å². The highest BCUT2D eigenvalue weighted by Gasteiger charge is 2.38. The summed E-state index contributed by atoms with van der Waals surface area (Å²) < 4.78 is 64.3. The summed E-state index contributed by atoms with van der Waals surface area (Å²) >= 11 is 0. The van der Waals surface area contributed by atoms with E-state index in [9.17, 15) is 37.3 Å². The fourth-order valence-electron chi connectivity index (χ4n) is 4.78. The Morgan fingerprint density at radius 2 is 1.77 bits per heavy atom. The number of anilines is 1. The molecule has 216 valence electrons. The van der Waals surface area contributed by atoms with E-state index in [-0.39, 0.29) is 43.3 Å². The van der Waals surface area contributed by atoms with Crippen molar-refractivity contribution in [2.24, 2.45) is 0 Å². The van der Waals surface area contributed by atoms with Gasteiger partial charge < -0.3 is 25.4 Å². The first-order valence-corrected chi connectivity index (χ1v) is 12.7. The number of carbonyl (C=O) groups is 2. The number of nitrogens with one attached hydrogen (secondary N) is 3. The van der Waals surface area contributed by atoms with Gasteiger partial charge in [0.25, 0.3) is 5.69 Å². The lowest BCUT2D eigenvalue weighted by Gasteiger charge is -2.30. The molecular formula is C26H28F4N4O6. The minimum absolute atomic E-state index is 0.0910. The molecule has 0 saturated heterocycles. The van der Waals surface area contributed by atoms with Gasteiger partial charge >= 0.3 is 18.0 Å². The van der Waals surface area contributed by atoms with Crippen LogP contribution in [0.25, 0.3) is 0 Å². The molecule has 1 unspecified atom stereocenters. The average molecular weight is 569 g/mol. The molecule has 14 heteroatoms. The van der Waals surface area contributed by atoms with Crippen LogP contribution in [0.3, 0.4) is 0 Å². The van der Waals surface area contributed by atoms with Gasteiger partial charge in [-0.2, -0.15) is 13.2 Å². The van der Waals surface area contributed by atoms with E-state index in [4.69, 9.17) is 9.47 Å². The standard InChI is InChI=1S/C26H28F4N4O6/c27-16-1-8-23-15(11-16)12-20(40-23)14-32-25(36)24(35)31-9-10-39-19-5-2-17(3-6-19)33-18-4-7-22(34(37)38)21(13-18)26(28,29)30/h1,4,7-8,11,13,17,19-20,33H,2-3,5-6,9-10,12,14H2,(H,31,35)(H,32,36)/t17-,19-,20?. The summed E-state index contributed by atoms with van der Waals surface area (Å²) in [4.78, 5) is 34.0. The third kappa shape index (κ3) is 7.58. The van der Waals surface area contributed by atoms with Gasteiger partial charge in [0, 0.05) is 36.3 Å². The first kappa shape index (κ1) is 29.1. The molecule has 40 heavy (non-hydrogen) atoms. The first-order chi connectivity index (χ1) is 19.0. The summed E-state index contributed by atoms with van der Waals surface area (Å²) in [5.74, 6) is -1.46. The van der Waals surface area contributed by atoms with Crippen LogP contribution in [0.4, 0.5) is 28.9 Å². The van der Waals surface area contributed by atoms with Gasteiger partial charge in [0.15, 0.2) is 0 Å². The SMILES string of the molecule is O=C(NCCO[C@H]1CC[C@H](Nc2ccc([N+](=O)[O-])c(C(F)(F)F)c2)CC1)C(=O)NCC1Cc2cc(F)ccc2O1. The van der Waals surface area contributed by atoms with Crippen molar-refractivity contribution in [1.29, 1.82) is 0 Å². The highest BCUT2D eigenvalue weighted by molar-refractivity contribution is 6.35. The topological polar surface area (TPSA) is 132 Å². The van der Waals surface area contributed by atoms with Crippen LogP contribution in [0, 0.1) is 15.9 Å². The van der Waals surface area contributed by atoms with Gasteiger partial charge in [-0.15, -0.1) is 0 Å². The molecule has 0 radical (unpaired) electrons. The van der Waals surface area contributed by atoms with Gasteiger partial charge in [0.1, 0.15) is 23.2 Å². The van der Waals surface area contributed by atoms with E-state index in [0.29, 0.717) is 43.4 Å². The molecule has 3 N–H and O–H groups in total. The van der Waals surface area contributed by atoms with Crippen molar-refractivity contribution >= 4 is 23.2 Å². The summed E-state index contributed by atoms with van der Waals surface area (Å²) in [5.41, 5.74) is -1.44. The number of ether oxygens (including phenoxy) is 2. The van der Waals surface area contributed by atoms with E-state index in [0.717, 1.165) is 12.1 Å². The Labute approximate surface area is 226 Å². The third-order valence-electron chi connectivity index (χ3n) is 6.75. The summed E-state index contributed by atoms with van der Waals surface area (Å²) in [6.45, 7) is 0.373. The number of rotatable bonds is 9. The molecule has 2 aromatic rings. The number of benzene rings is 2. The van der Waals surface area contributed by atoms with Crippen LogP contribution < -0.4 is 20.7 Å². The predicted molar refractivity (Wildman–Crippen MR) is 134 cm³/mol. The summed E-state index contributed by atoms with van der Waals surface area (Å²) in [6, 6.07) is 6.92. The zero-order valence-corrected chi connectivity index (χ0v) is 21.3. The summed E-state index contributed by atoms with van der Waals surface area (Å²) in [5, 5.41) is 18.9. The molecule has 0 aromatic heterocycles. The summed E-state index contributed by atoms with van der Waals surface area (Å²) in [6.07, 6.45) is -2.47. The smallest absolute Gasteiger partial charge is 0.423 e. The number of amides is 2. The molecule has 1 saturated carbocycles. The van der Waals surface area contributed by atoms with Crippen molar-refractivity contribution in [3.05, 3.63) is 63.5 Å². The molecule has 1 atom stereocenters. The first-order valence-electron chi connectivity index (χ1n) is 12.7. The molecule has 4 rings (SSSR count). The molecule has 2 aliphatic rings. The van der Waals surface area contributed by atoms with Crippen LogP contribution in [0.15, 0.2) is 36.4 Å². The Hall–Kier alpha value is -3.94. The number of carbonyl (C=O) groups excluding carboxylic acids is 2. The second-order valence-corrected chi connectivity index (χ2v) is 9.64. The van der Waals surface area contributed by atoms with Crippen LogP contribution in [0.5, 0.6) is 5.75 Å². The number of nitrogens with zero attached hydrogens (tertiary/aromatic N) is 1. The van der Waals surface area contributed by atoms with Crippen LogP contribution in [-0.2, 0) is 26.9 Å². The molecule has 2 amide bonds. The number of halogens is 4. The van der Waals surface area contributed by atoms with E-state index in [1.165, 1.54) is 24.3 Å². The average Bonchev–Trinajstić information content (AvgIpc) is 3.32. The van der Waals surface area contributed by atoms with Gasteiger partial charge in [-0.3, -0.25) is 19.7 Å². The van der Waals surface area contributed by atoms with E-state index < -0.39 is 40.3 Å². The maximum Gasteiger partial charge on any atom is 0.423 e. The number of alkyl halides is 3. The molecule has 1 aliphatic heterocycles. The van der Waals surface area contributed by atoms with Crippen LogP contribution in [-0.4, -0.2) is 54.7 Å². The Morgan fingerprint density at radius 1 is 1.05 bits per heavy atom. The second kappa shape index (κ2) is 12.5. The van der Waals surface area contributed by atoms with Crippen LogP contribution >= 0.6 is 0 Å². The Morgan fingerprint density at radius 3 is 2.48 bits per heavy atom. The van der Waals surface area contributed by atoms with Crippen molar-refractivity contribution in [2.75, 3.05) is 25.0 Å². The van der Waals surface area contributed by atoms with Gasteiger partial charge in [0.05, 0.1) is 24.2 Å². The zero-order valence-electron chi connectivity index (χ0n) is 21.3. The minimum Gasteiger partial charge on any atom is -0.488 e. The molecular weight excluding hydrogens is 540 g/mol. The molecule has 1 fully saturated rings. The zero-order chi connectivity index (χ0) is 28.9. The lowest BCUT2D eigenvalue weighted by atomic mass is 9.92. The highest BCUT2D eigenvalue weighted by atomic mass is 19.4. The van der Waals surface area contributed by atoms with Gasteiger partial charge in [-0.05, 0) is 56.0 Å². The number of hydrogen-bond donors (Lipinski definition) is 3. The molecule has 0 spiro atoms. The normalized spacial score (nSPS) is 20.2. The lowest BCUT2D eigenvalue weighted by Crippen LogP contribution is -2.44. The van der Waals surface area contributed by atoms with Gasteiger partial charge in [-0.25, -0.2) is 4.39 Å². The van der Waals surface area contributed by atoms with Crippen molar-refractivity contribution in [3.8, 4) is 5.75 Å². The number of hydrogen-bond acceptors (Lipinski definition) is 7. The molecule has 0 bridgehead atoms.